The number of carbonyl (C=O) groups excluding carboxylic acids is 2. The summed E-state index contributed by atoms with van der Waals surface area (Å²) in [5, 5.41) is 4.87. The van der Waals surface area contributed by atoms with Gasteiger partial charge in [0.2, 0.25) is 0 Å². The van der Waals surface area contributed by atoms with Crippen LogP contribution in [0.2, 0.25) is 10.0 Å². The third-order valence-electron chi connectivity index (χ3n) is 5.19. The predicted molar refractivity (Wildman–Crippen MR) is 116 cm³/mol. The van der Waals surface area contributed by atoms with Gasteiger partial charge in [-0.3, -0.25) is 9.69 Å². The Morgan fingerprint density at radius 3 is 2.55 bits per heavy atom. The van der Waals surface area contributed by atoms with Crippen LogP contribution < -0.4 is 5.32 Å². The first kappa shape index (κ1) is 19.6. The monoisotopic (exact) mass is 427 g/mol. The van der Waals surface area contributed by atoms with E-state index in [1.165, 1.54) is 4.90 Å². The molecule has 0 radical (unpaired) electrons. The van der Waals surface area contributed by atoms with E-state index in [0.29, 0.717) is 23.1 Å². The summed E-state index contributed by atoms with van der Waals surface area (Å²) in [4.78, 5) is 25.7. The van der Waals surface area contributed by atoms with Crippen LogP contribution in [0.1, 0.15) is 23.7 Å². The van der Waals surface area contributed by atoms with E-state index in [1.807, 2.05) is 43.3 Å². The van der Waals surface area contributed by atoms with Crippen molar-refractivity contribution >= 4 is 52.1 Å². The van der Waals surface area contributed by atoms with Crippen LogP contribution in [0.4, 0.5) is 4.79 Å². The van der Waals surface area contributed by atoms with Gasteiger partial charge >= 0.3 is 6.03 Å². The van der Waals surface area contributed by atoms with Crippen molar-refractivity contribution < 1.29 is 9.59 Å². The molecule has 0 bridgehead atoms. The maximum atomic E-state index is 12.5. The fourth-order valence-electron chi connectivity index (χ4n) is 3.67. The summed E-state index contributed by atoms with van der Waals surface area (Å²) in [6.45, 7) is 4.66. The van der Waals surface area contributed by atoms with E-state index >= 15 is 0 Å². The average molecular weight is 428 g/mol. The first-order valence-electron chi connectivity index (χ1n) is 9.27. The summed E-state index contributed by atoms with van der Waals surface area (Å²) in [5.41, 5.74) is 4.12. The van der Waals surface area contributed by atoms with E-state index in [9.17, 15) is 9.59 Å². The summed E-state index contributed by atoms with van der Waals surface area (Å²) < 4.78 is 2.15. The predicted octanol–water partition coefficient (Wildman–Crippen LogP) is 5.22. The lowest BCUT2D eigenvalue weighted by atomic mass is 10.1. The number of nitrogens with one attached hydrogen (secondary N) is 1. The maximum absolute atomic E-state index is 12.5. The third-order valence-corrected chi connectivity index (χ3v) is 5.78. The first-order valence-corrected chi connectivity index (χ1v) is 10.0. The SMILES string of the molecule is CCN1C(=O)N/C(=C/c2c(C)n(Cc3ccc(Cl)cc3Cl)c3ccccc23)C1=O. The number of benzene rings is 2. The molecular formula is C22H19Cl2N3O2. The minimum absolute atomic E-state index is 0.285. The van der Waals surface area contributed by atoms with Crippen molar-refractivity contribution in [3.05, 3.63) is 75.0 Å². The van der Waals surface area contributed by atoms with E-state index in [1.54, 1.807) is 19.1 Å². The molecule has 2 heterocycles. The van der Waals surface area contributed by atoms with Crippen LogP contribution >= 0.6 is 23.2 Å². The maximum Gasteiger partial charge on any atom is 0.328 e. The van der Waals surface area contributed by atoms with Crippen molar-refractivity contribution in [2.75, 3.05) is 6.54 Å². The topological polar surface area (TPSA) is 54.3 Å². The van der Waals surface area contributed by atoms with E-state index < -0.39 is 6.03 Å². The molecule has 1 aromatic heterocycles. The van der Waals surface area contributed by atoms with Gasteiger partial charge in [0, 0.05) is 45.3 Å². The molecular weight excluding hydrogens is 409 g/mol. The van der Waals surface area contributed by atoms with Gasteiger partial charge in [-0.05, 0) is 43.7 Å². The summed E-state index contributed by atoms with van der Waals surface area (Å²) >= 11 is 12.4. The van der Waals surface area contributed by atoms with E-state index in [4.69, 9.17) is 23.2 Å². The number of aromatic nitrogens is 1. The third kappa shape index (κ3) is 3.41. The van der Waals surface area contributed by atoms with E-state index in [2.05, 4.69) is 9.88 Å². The molecule has 7 heteroatoms. The number of halogens is 2. The van der Waals surface area contributed by atoms with Gasteiger partial charge in [-0.2, -0.15) is 0 Å². The molecule has 0 unspecified atom stereocenters. The quantitative estimate of drug-likeness (QED) is 0.458. The summed E-state index contributed by atoms with van der Waals surface area (Å²) in [7, 11) is 0. The number of hydrogen-bond acceptors (Lipinski definition) is 2. The number of urea groups is 1. The summed E-state index contributed by atoms with van der Waals surface area (Å²) in [5.74, 6) is -0.311. The molecule has 1 N–H and O–H groups in total. The van der Waals surface area contributed by atoms with Crippen LogP contribution in [0.25, 0.3) is 17.0 Å². The molecule has 1 fully saturated rings. The van der Waals surface area contributed by atoms with Crippen molar-refractivity contribution in [2.45, 2.75) is 20.4 Å². The van der Waals surface area contributed by atoms with Crippen LogP contribution in [-0.4, -0.2) is 28.0 Å². The molecule has 0 aliphatic carbocycles. The highest BCUT2D eigenvalue weighted by atomic mass is 35.5. The van der Waals surface area contributed by atoms with E-state index in [0.717, 1.165) is 27.7 Å². The van der Waals surface area contributed by atoms with Gasteiger partial charge in [-0.15, -0.1) is 0 Å². The largest absolute Gasteiger partial charge is 0.340 e. The number of para-hydroxylation sites is 1. The lowest BCUT2D eigenvalue weighted by Crippen LogP contribution is -2.30. The molecule has 2 aromatic carbocycles. The number of amides is 3. The molecule has 1 aliphatic heterocycles. The van der Waals surface area contributed by atoms with Gasteiger partial charge in [0.1, 0.15) is 5.70 Å². The van der Waals surface area contributed by atoms with Crippen LogP contribution in [-0.2, 0) is 11.3 Å². The van der Waals surface area contributed by atoms with Crippen molar-refractivity contribution in [3.8, 4) is 0 Å². The molecule has 0 atom stereocenters. The lowest BCUT2D eigenvalue weighted by Gasteiger charge is -2.10. The minimum Gasteiger partial charge on any atom is -0.340 e. The number of likely N-dealkylation sites (N-methyl/N-ethyl adjacent to an activating group) is 1. The Hall–Kier alpha value is -2.76. The Morgan fingerprint density at radius 2 is 1.86 bits per heavy atom. The Kier molecular flexibility index (Phi) is 5.11. The number of carbonyl (C=O) groups is 2. The number of nitrogens with zero attached hydrogens (tertiary/aromatic N) is 2. The van der Waals surface area contributed by atoms with Crippen LogP contribution in [0.15, 0.2) is 48.2 Å². The second kappa shape index (κ2) is 7.58. The van der Waals surface area contributed by atoms with Crippen molar-refractivity contribution in [2.24, 2.45) is 0 Å². The number of rotatable bonds is 4. The first-order chi connectivity index (χ1) is 13.9. The zero-order valence-electron chi connectivity index (χ0n) is 16.0. The van der Waals surface area contributed by atoms with Crippen molar-refractivity contribution in [1.29, 1.82) is 0 Å². The van der Waals surface area contributed by atoms with Gasteiger partial charge in [-0.25, -0.2) is 4.79 Å². The normalized spacial score (nSPS) is 15.6. The second-order valence-corrected chi connectivity index (χ2v) is 7.72. The summed E-state index contributed by atoms with van der Waals surface area (Å²) in [6, 6.07) is 13.0. The number of imide groups is 1. The van der Waals surface area contributed by atoms with Gasteiger partial charge < -0.3 is 9.88 Å². The zero-order chi connectivity index (χ0) is 20.7. The second-order valence-electron chi connectivity index (χ2n) is 6.88. The highest BCUT2D eigenvalue weighted by Crippen LogP contribution is 2.31. The molecule has 3 aromatic rings. The van der Waals surface area contributed by atoms with Gasteiger partial charge in [0.15, 0.2) is 0 Å². The molecule has 3 amide bonds. The molecule has 0 spiro atoms. The lowest BCUT2D eigenvalue weighted by molar-refractivity contribution is -0.122. The highest BCUT2D eigenvalue weighted by molar-refractivity contribution is 6.35. The smallest absolute Gasteiger partial charge is 0.328 e. The van der Waals surface area contributed by atoms with Gasteiger partial charge in [-0.1, -0.05) is 47.5 Å². The standard InChI is InChI=1S/C22H19Cl2N3O2/c1-3-26-21(28)19(25-22(26)29)11-17-13(2)27(20-7-5-4-6-16(17)20)12-14-8-9-15(23)10-18(14)24/h4-11H,3,12H2,1-2H3,(H,25,29)/b19-11+. The average Bonchev–Trinajstić information content (AvgIpc) is 3.11. The van der Waals surface area contributed by atoms with Crippen LogP contribution in [0.5, 0.6) is 0 Å². The Balaban J connectivity index is 1.83. The van der Waals surface area contributed by atoms with Crippen LogP contribution in [0, 0.1) is 6.92 Å². The Bertz CT molecular complexity index is 1180. The van der Waals surface area contributed by atoms with Gasteiger partial charge in [0.05, 0.1) is 0 Å². The highest BCUT2D eigenvalue weighted by Gasteiger charge is 2.32. The molecule has 29 heavy (non-hydrogen) atoms. The molecule has 148 valence electrons. The molecule has 1 aliphatic rings. The molecule has 1 saturated heterocycles. The Labute approximate surface area is 178 Å². The summed E-state index contributed by atoms with van der Waals surface area (Å²) in [6.07, 6.45) is 1.76. The Morgan fingerprint density at radius 1 is 1.10 bits per heavy atom. The minimum atomic E-state index is -0.391. The fraction of sp³-hybridized carbons (Fsp3) is 0.182. The fourth-order valence-corrected chi connectivity index (χ4v) is 4.14. The number of hydrogen-bond donors (Lipinski definition) is 1. The zero-order valence-corrected chi connectivity index (χ0v) is 17.5. The van der Waals surface area contributed by atoms with Crippen molar-refractivity contribution in [3.63, 3.8) is 0 Å². The van der Waals surface area contributed by atoms with Gasteiger partial charge in [0.25, 0.3) is 5.91 Å². The molecule has 5 nitrogen and oxygen atoms in total. The molecule has 0 saturated carbocycles. The number of fused-ring (bicyclic) bond motifs is 1. The van der Waals surface area contributed by atoms with Crippen molar-refractivity contribution in [1.82, 2.24) is 14.8 Å². The molecule has 4 rings (SSSR count). The van der Waals surface area contributed by atoms with E-state index in [-0.39, 0.29) is 11.6 Å². The van der Waals surface area contributed by atoms with Crippen LogP contribution in [0.3, 0.4) is 0 Å².